The summed E-state index contributed by atoms with van der Waals surface area (Å²) in [5.41, 5.74) is 10.3. The fraction of sp³-hybridized carbons (Fsp3) is 0.118. The molecule has 0 atom stereocenters. The Kier molecular flexibility index (Phi) is 3.66. The zero-order valence-corrected chi connectivity index (χ0v) is 14.8. The van der Waals surface area contributed by atoms with E-state index in [1.807, 2.05) is 44.2 Å². The molecule has 4 aromatic rings. The van der Waals surface area contributed by atoms with Gasteiger partial charge in [0.1, 0.15) is 0 Å². The average molecular weight is 353 g/mol. The van der Waals surface area contributed by atoms with Crippen LogP contribution in [0.4, 0.5) is 10.3 Å². The van der Waals surface area contributed by atoms with Crippen LogP contribution in [0.2, 0.25) is 0 Å². The summed E-state index contributed by atoms with van der Waals surface area (Å²) in [5, 5.41) is 4.44. The van der Waals surface area contributed by atoms with Gasteiger partial charge >= 0.3 is 0 Å². The van der Waals surface area contributed by atoms with Crippen LogP contribution in [-0.2, 0) is 0 Å². The number of thiazole rings is 2. The number of guanidine groups is 1. The van der Waals surface area contributed by atoms with Gasteiger partial charge in [-0.2, -0.15) is 4.99 Å². The quantitative estimate of drug-likeness (QED) is 0.408. The van der Waals surface area contributed by atoms with Crippen molar-refractivity contribution in [1.29, 1.82) is 0 Å². The fourth-order valence-electron chi connectivity index (χ4n) is 2.50. The second-order valence-electron chi connectivity index (χ2n) is 5.48. The van der Waals surface area contributed by atoms with Gasteiger partial charge in [-0.1, -0.05) is 46.9 Å². The number of nitrogens with one attached hydrogen (secondary N) is 1. The summed E-state index contributed by atoms with van der Waals surface area (Å²) in [6, 6.07) is 12.2. The number of aryl methyl sites for hydroxylation is 2. The fourth-order valence-corrected chi connectivity index (χ4v) is 4.38. The zero-order valence-electron chi connectivity index (χ0n) is 13.2. The Morgan fingerprint density at radius 1 is 0.958 bits per heavy atom. The molecule has 2 heterocycles. The predicted molar refractivity (Wildman–Crippen MR) is 104 cm³/mol. The van der Waals surface area contributed by atoms with Gasteiger partial charge in [0.2, 0.25) is 11.1 Å². The molecule has 0 aliphatic carbocycles. The maximum Gasteiger partial charge on any atom is 0.213 e. The number of fused-ring (bicyclic) bond motifs is 2. The lowest BCUT2D eigenvalue weighted by Crippen LogP contribution is -2.21. The first-order valence-electron chi connectivity index (χ1n) is 7.43. The van der Waals surface area contributed by atoms with Crippen LogP contribution < -0.4 is 11.1 Å². The lowest BCUT2D eigenvalue weighted by atomic mass is 10.2. The smallest absolute Gasteiger partial charge is 0.213 e. The summed E-state index contributed by atoms with van der Waals surface area (Å²) in [7, 11) is 0. The topological polar surface area (TPSA) is 76.2 Å². The molecule has 0 bridgehead atoms. The van der Waals surface area contributed by atoms with E-state index in [1.165, 1.54) is 11.3 Å². The second-order valence-corrected chi connectivity index (χ2v) is 7.52. The molecule has 0 aliphatic rings. The average Bonchev–Trinajstić information content (AvgIpc) is 3.12. The van der Waals surface area contributed by atoms with E-state index in [1.54, 1.807) is 11.3 Å². The molecule has 24 heavy (non-hydrogen) atoms. The molecule has 3 N–H and O–H groups in total. The first-order valence-corrected chi connectivity index (χ1v) is 9.07. The lowest BCUT2D eigenvalue weighted by Gasteiger charge is -1.98. The van der Waals surface area contributed by atoms with Crippen LogP contribution in [-0.4, -0.2) is 15.9 Å². The van der Waals surface area contributed by atoms with Gasteiger partial charge < -0.3 is 11.1 Å². The van der Waals surface area contributed by atoms with Gasteiger partial charge in [-0.25, -0.2) is 9.97 Å². The molecule has 2 aromatic carbocycles. The number of benzene rings is 2. The van der Waals surface area contributed by atoms with E-state index in [-0.39, 0.29) is 0 Å². The monoisotopic (exact) mass is 353 g/mol. The van der Waals surface area contributed by atoms with Gasteiger partial charge in [0.15, 0.2) is 5.13 Å². The number of hydrogen-bond acceptors (Lipinski definition) is 5. The van der Waals surface area contributed by atoms with Crippen LogP contribution in [0.15, 0.2) is 41.4 Å². The third kappa shape index (κ3) is 2.72. The van der Waals surface area contributed by atoms with Crippen molar-refractivity contribution in [2.45, 2.75) is 13.8 Å². The minimum absolute atomic E-state index is 0.295. The van der Waals surface area contributed by atoms with Gasteiger partial charge in [0, 0.05) is 0 Å². The molecule has 0 aliphatic heterocycles. The van der Waals surface area contributed by atoms with Crippen molar-refractivity contribution < 1.29 is 0 Å². The minimum Gasteiger partial charge on any atom is -0.369 e. The highest BCUT2D eigenvalue weighted by Crippen LogP contribution is 2.30. The zero-order chi connectivity index (χ0) is 16.7. The number of rotatable bonds is 2. The van der Waals surface area contributed by atoms with Crippen molar-refractivity contribution in [2.24, 2.45) is 10.7 Å². The van der Waals surface area contributed by atoms with Gasteiger partial charge in [-0.3, -0.25) is 0 Å². The van der Waals surface area contributed by atoms with Gasteiger partial charge in [0.05, 0.1) is 20.4 Å². The Bertz CT molecular complexity index is 1080. The van der Waals surface area contributed by atoms with Crippen molar-refractivity contribution in [3.8, 4) is 0 Å². The Morgan fingerprint density at radius 3 is 2.21 bits per heavy atom. The number of nitrogens with two attached hydrogens (primary N) is 1. The first-order chi connectivity index (χ1) is 11.6. The van der Waals surface area contributed by atoms with Crippen LogP contribution >= 0.6 is 22.7 Å². The molecular formula is C17H15N5S2. The van der Waals surface area contributed by atoms with E-state index in [0.717, 1.165) is 36.7 Å². The summed E-state index contributed by atoms with van der Waals surface area (Å²) in [5.74, 6) is 0.295. The van der Waals surface area contributed by atoms with E-state index in [2.05, 4.69) is 26.3 Å². The molecule has 0 fully saturated rings. The van der Waals surface area contributed by atoms with E-state index in [4.69, 9.17) is 5.73 Å². The summed E-state index contributed by atoms with van der Waals surface area (Å²) < 4.78 is 2.23. The molecule has 0 unspecified atom stereocenters. The summed E-state index contributed by atoms with van der Waals surface area (Å²) in [4.78, 5) is 13.5. The number of nitrogens with zero attached hydrogens (tertiary/aromatic N) is 3. The molecule has 0 saturated carbocycles. The minimum atomic E-state index is 0.295. The Balaban J connectivity index is 1.64. The largest absolute Gasteiger partial charge is 0.369 e. The molecule has 120 valence electrons. The van der Waals surface area contributed by atoms with Crippen molar-refractivity contribution in [2.75, 3.05) is 5.32 Å². The van der Waals surface area contributed by atoms with Crippen molar-refractivity contribution in [1.82, 2.24) is 9.97 Å². The normalized spacial score (nSPS) is 12.2. The number of anilines is 1. The lowest BCUT2D eigenvalue weighted by molar-refractivity contribution is 1.34. The molecule has 7 heteroatoms. The number of para-hydroxylation sites is 2. The van der Waals surface area contributed by atoms with Crippen molar-refractivity contribution in [3.63, 3.8) is 0 Å². The Morgan fingerprint density at radius 2 is 1.58 bits per heavy atom. The number of aromatic nitrogens is 2. The molecule has 0 spiro atoms. The molecular weight excluding hydrogens is 338 g/mol. The van der Waals surface area contributed by atoms with Gasteiger partial charge in [0.25, 0.3) is 0 Å². The third-order valence-corrected chi connectivity index (χ3v) is 5.53. The summed E-state index contributed by atoms with van der Waals surface area (Å²) in [6.45, 7) is 4.09. The molecule has 0 radical (unpaired) electrons. The Labute approximate surface area is 146 Å². The molecule has 5 nitrogen and oxygen atoms in total. The molecule has 2 aromatic heterocycles. The highest BCUT2D eigenvalue weighted by molar-refractivity contribution is 7.22. The van der Waals surface area contributed by atoms with Crippen molar-refractivity contribution in [3.05, 3.63) is 47.5 Å². The van der Waals surface area contributed by atoms with Gasteiger partial charge in [-0.15, -0.1) is 0 Å². The predicted octanol–water partition coefficient (Wildman–Crippen LogP) is 4.58. The molecule has 4 rings (SSSR count). The van der Waals surface area contributed by atoms with E-state index in [0.29, 0.717) is 11.1 Å². The van der Waals surface area contributed by atoms with Crippen LogP contribution in [0, 0.1) is 13.8 Å². The van der Waals surface area contributed by atoms with E-state index >= 15 is 0 Å². The van der Waals surface area contributed by atoms with E-state index < -0.39 is 0 Å². The first kappa shape index (κ1) is 15.0. The standard InChI is InChI=1S/C17H15N5S2/c1-9-5-3-7-11-13(9)19-16(23-11)21-15(18)22-17-20-14-10(2)6-4-8-12(14)24-17/h3-8H,1-2H3,(H3,18,19,20,21,22). The van der Waals surface area contributed by atoms with Crippen LogP contribution in [0.3, 0.4) is 0 Å². The van der Waals surface area contributed by atoms with Crippen LogP contribution in [0.1, 0.15) is 11.1 Å². The summed E-state index contributed by atoms with van der Waals surface area (Å²) in [6.07, 6.45) is 0. The number of hydrogen-bond donors (Lipinski definition) is 2. The van der Waals surface area contributed by atoms with Crippen LogP contribution in [0.25, 0.3) is 20.4 Å². The van der Waals surface area contributed by atoms with Crippen LogP contribution in [0.5, 0.6) is 0 Å². The molecule has 0 saturated heterocycles. The SMILES string of the molecule is Cc1cccc2sc(N=C(N)Nc3nc4c(C)cccc4s3)nc12. The third-order valence-electron chi connectivity index (χ3n) is 3.68. The number of aliphatic imine (C=N–C) groups is 1. The highest BCUT2D eigenvalue weighted by atomic mass is 32.1. The highest BCUT2D eigenvalue weighted by Gasteiger charge is 2.08. The van der Waals surface area contributed by atoms with Crippen molar-refractivity contribution >= 4 is 59.3 Å². The molecule has 0 amide bonds. The van der Waals surface area contributed by atoms with E-state index in [9.17, 15) is 0 Å². The summed E-state index contributed by atoms with van der Waals surface area (Å²) >= 11 is 3.08. The van der Waals surface area contributed by atoms with Gasteiger partial charge in [-0.05, 0) is 37.1 Å². The maximum absolute atomic E-state index is 6.03. The maximum atomic E-state index is 6.03. The second kappa shape index (κ2) is 5.85. The Hall–Kier alpha value is -2.51.